The third-order valence-electron chi connectivity index (χ3n) is 3.77. The number of rotatable bonds is 3. The number of aromatic nitrogens is 1. The van der Waals surface area contributed by atoms with Crippen LogP contribution in [0.4, 0.5) is 5.69 Å². The quantitative estimate of drug-likeness (QED) is 0.801. The number of para-hydroxylation sites is 1. The Morgan fingerprint density at radius 3 is 2.88 bits per heavy atom. The number of hydrogen-bond acceptors (Lipinski definition) is 5. The number of oxazole rings is 1. The normalized spacial score (nSPS) is 13.0. The third-order valence-corrected chi connectivity index (χ3v) is 3.77. The minimum absolute atomic E-state index is 0.131. The van der Waals surface area contributed by atoms with E-state index in [1.807, 2.05) is 30.3 Å². The number of benzene rings is 2. The molecule has 0 saturated carbocycles. The molecule has 3 aromatic rings. The zero-order valence-electron chi connectivity index (χ0n) is 13.2. The number of nitrogens with zero attached hydrogens (tertiary/aromatic N) is 1. The van der Waals surface area contributed by atoms with Gasteiger partial charge in [-0.15, -0.1) is 0 Å². The van der Waals surface area contributed by atoms with Crippen LogP contribution in [-0.2, 0) is 11.2 Å². The van der Waals surface area contributed by atoms with Gasteiger partial charge in [0.2, 0.25) is 5.91 Å². The topological polar surface area (TPSA) is 73.6 Å². The van der Waals surface area contributed by atoms with Crippen molar-refractivity contribution < 1.29 is 18.7 Å². The van der Waals surface area contributed by atoms with Gasteiger partial charge in [0.15, 0.2) is 23.0 Å². The minimum atomic E-state index is -0.131. The van der Waals surface area contributed by atoms with Gasteiger partial charge in [-0.1, -0.05) is 12.1 Å². The number of amides is 1. The lowest BCUT2D eigenvalue weighted by Crippen LogP contribution is -2.17. The summed E-state index contributed by atoms with van der Waals surface area (Å²) in [5.74, 6) is 1.83. The van der Waals surface area contributed by atoms with E-state index in [1.54, 1.807) is 13.0 Å². The molecule has 0 atom stereocenters. The Morgan fingerprint density at radius 1 is 1.17 bits per heavy atom. The molecule has 0 spiro atoms. The summed E-state index contributed by atoms with van der Waals surface area (Å²) in [5, 5.41) is 2.88. The van der Waals surface area contributed by atoms with Crippen LogP contribution in [0, 0.1) is 6.92 Å². The van der Waals surface area contributed by atoms with Gasteiger partial charge in [-0.05, 0) is 29.8 Å². The van der Waals surface area contributed by atoms with Crippen molar-refractivity contribution in [1.29, 1.82) is 0 Å². The van der Waals surface area contributed by atoms with E-state index in [9.17, 15) is 4.79 Å². The van der Waals surface area contributed by atoms with Crippen molar-refractivity contribution >= 4 is 22.7 Å². The molecule has 4 rings (SSSR count). The lowest BCUT2D eigenvalue weighted by molar-refractivity contribution is -0.115. The van der Waals surface area contributed by atoms with Gasteiger partial charge in [0.1, 0.15) is 18.7 Å². The maximum Gasteiger partial charge on any atom is 0.228 e. The van der Waals surface area contributed by atoms with Crippen molar-refractivity contribution in [2.75, 3.05) is 18.5 Å². The number of carbonyl (C=O) groups is 1. The molecular formula is C18H16N2O4. The molecule has 1 aliphatic heterocycles. The molecule has 0 aliphatic carbocycles. The molecule has 2 aromatic carbocycles. The van der Waals surface area contributed by atoms with Crippen molar-refractivity contribution in [2.24, 2.45) is 0 Å². The number of fused-ring (bicyclic) bond motifs is 2. The first-order valence-electron chi connectivity index (χ1n) is 7.73. The van der Waals surface area contributed by atoms with Crippen LogP contribution in [0.15, 0.2) is 40.8 Å². The van der Waals surface area contributed by atoms with Gasteiger partial charge in [0.25, 0.3) is 0 Å². The predicted octanol–water partition coefficient (Wildman–Crippen LogP) is 3.09. The second kappa shape index (κ2) is 5.88. The molecule has 0 saturated heterocycles. The molecule has 6 heteroatoms. The molecule has 24 heavy (non-hydrogen) atoms. The highest BCUT2D eigenvalue weighted by Crippen LogP contribution is 2.31. The van der Waals surface area contributed by atoms with Crippen LogP contribution in [-0.4, -0.2) is 24.1 Å². The Kier molecular flexibility index (Phi) is 3.57. The van der Waals surface area contributed by atoms with Crippen molar-refractivity contribution in [3.8, 4) is 11.5 Å². The summed E-state index contributed by atoms with van der Waals surface area (Å²) in [4.78, 5) is 16.6. The molecule has 1 aromatic heterocycles. The molecule has 1 N–H and O–H groups in total. The highest BCUT2D eigenvalue weighted by molar-refractivity contribution is 5.99. The lowest BCUT2D eigenvalue weighted by atomic mass is 10.1. The average molecular weight is 324 g/mol. The van der Waals surface area contributed by atoms with E-state index in [0.717, 1.165) is 11.1 Å². The molecule has 1 aliphatic rings. The van der Waals surface area contributed by atoms with E-state index in [0.29, 0.717) is 41.9 Å². The monoisotopic (exact) mass is 324 g/mol. The summed E-state index contributed by atoms with van der Waals surface area (Å²) in [7, 11) is 0. The lowest BCUT2D eigenvalue weighted by Gasteiger charge is -2.18. The summed E-state index contributed by atoms with van der Waals surface area (Å²) in [5.41, 5.74) is 2.79. The summed E-state index contributed by atoms with van der Waals surface area (Å²) < 4.78 is 16.6. The first-order valence-corrected chi connectivity index (χ1v) is 7.73. The van der Waals surface area contributed by atoms with E-state index in [2.05, 4.69) is 10.3 Å². The van der Waals surface area contributed by atoms with Crippen LogP contribution < -0.4 is 14.8 Å². The highest BCUT2D eigenvalue weighted by atomic mass is 16.6. The number of aryl methyl sites for hydroxylation is 1. The van der Waals surface area contributed by atoms with Gasteiger partial charge in [0.05, 0.1) is 12.1 Å². The van der Waals surface area contributed by atoms with Crippen molar-refractivity contribution in [2.45, 2.75) is 13.3 Å². The Labute approximate surface area is 138 Å². The molecule has 122 valence electrons. The SMILES string of the molecule is Cc1nc2cccc(NC(=O)Cc3ccc4c(c3)OCCO4)c2o1. The number of anilines is 1. The predicted molar refractivity (Wildman–Crippen MR) is 88.5 cm³/mol. The number of nitrogens with one attached hydrogen (secondary N) is 1. The highest BCUT2D eigenvalue weighted by Gasteiger charge is 2.14. The number of ether oxygens (including phenoxy) is 2. The van der Waals surface area contributed by atoms with Gasteiger partial charge in [-0.25, -0.2) is 4.98 Å². The third kappa shape index (κ3) is 2.78. The van der Waals surface area contributed by atoms with Gasteiger partial charge in [0, 0.05) is 6.92 Å². The fourth-order valence-corrected chi connectivity index (χ4v) is 2.74. The van der Waals surface area contributed by atoms with Crippen LogP contribution in [0.2, 0.25) is 0 Å². The van der Waals surface area contributed by atoms with E-state index in [1.165, 1.54) is 0 Å². The van der Waals surface area contributed by atoms with E-state index >= 15 is 0 Å². The first-order chi connectivity index (χ1) is 11.7. The molecule has 0 bridgehead atoms. The van der Waals surface area contributed by atoms with Gasteiger partial charge < -0.3 is 19.2 Å². The molecule has 0 radical (unpaired) electrons. The summed E-state index contributed by atoms with van der Waals surface area (Å²) in [6, 6.07) is 11.0. The zero-order valence-corrected chi connectivity index (χ0v) is 13.2. The molecule has 1 amide bonds. The van der Waals surface area contributed by atoms with Gasteiger partial charge in [-0.2, -0.15) is 0 Å². The summed E-state index contributed by atoms with van der Waals surface area (Å²) in [6.07, 6.45) is 0.236. The molecular weight excluding hydrogens is 308 g/mol. The molecule has 0 unspecified atom stereocenters. The van der Waals surface area contributed by atoms with E-state index in [4.69, 9.17) is 13.9 Å². The fourth-order valence-electron chi connectivity index (χ4n) is 2.74. The van der Waals surface area contributed by atoms with Crippen molar-refractivity contribution in [3.05, 3.63) is 47.9 Å². The number of hydrogen-bond donors (Lipinski definition) is 1. The average Bonchev–Trinajstić information content (AvgIpc) is 2.96. The molecule has 2 heterocycles. The number of carbonyl (C=O) groups excluding carboxylic acids is 1. The standard InChI is InChI=1S/C18H16N2O4/c1-11-19-13-3-2-4-14(18(13)24-11)20-17(21)10-12-5-6-15-16(9-12)23-8-7-22-15/h2-6,9H,7-8,10H2,1H3,(H,20,21). The van der Waals surface area contributed by atoms with Gasteiger partial charge >= 0.3 is 0 Å². The van der Waals surface area contributed by atoms with Crippen LogP contribution in [0.3, 0.4) is 0 Å². The Hall–Kier alpha value is -3.02. The fraction of sp³-hybridized carbons (Fsp3) is 0.222. The van der Waals surface area contributed by atoms with E-state index in [-0.39, 0.29) is 12.3 Å². The molecule has 0 fully saturated rings. The minimum Gasteiger partial charge on any atom is -0.486 e. The van der Waals surface area contributed by atoms with Crippen LogP contribution in [0.25, 0.3) is 11.1 Å². The summed E-state index contributed by atoms with van der Waals surface area (Å²) >= 11 is 0. The Bertz CT molecular complexity index is 917. The van der Waals surface area contributed by atoms with Crippen molar-refractivity contribution in [1.82, 2.24) is 4.98 Å². The maximum atomic E-state index is 12.4. The van der Waals surface area contributed by atoms with Crippen LogP contribution in [0.5, 0.6) is 11.5 Å². The van der Waals surface area contributed by atoms with Crippen LogP contribution >= 0.6 is 0 Å². The Morgan fingerprint density at radius 2 is 2.00 bits per heavy atom. The second-order valence-electron chi connectivity index (χ2n) is 5.59. The van der Waals surface area contributed by atoms with Crippen LogP contribution in [0.1, 0.15) is 11.5 Å². The first kappa shape index (κ1) is 14.6. The smallest absolute Gasteiger partial charge is 0.228 e. The summed E-state index contributed by atoms with van der Waals surface area (Å²) in [6.45, 7) is 2.85. The van der Waals surface area contributed by atoms with Gasteiger partial charge in [-0.3, -0.25) is 4.79 Å². The largest absolute Gasteiger partial charge is 0.486 e. The Balaban J connectivity index is 1.52. The van der Waals surface area contributed by atoms with E-state index < -0.39 is 0 Å². The second-order valence-corrected chi connectivity index (χ2v) is 5.59. The molecule has 6 nitrogen and oxygen atoms in total. The maximum absolute atomic E-state index is 12.4. The zero-order chi connectivity index (χ0) is 16.5. The van der Waals surface area contributed by atoms with Crippen molar-refractivity contribution in [3.63, 3.8) is 0 Å².